The first-order chi connectivity index (χ1) is 11.6. The SMILES string of the molecule is CC1(CCN)CC2(C)CCCC(CC(CO[N+](=O)[O-])O[N+](=O)[O-])(C1)C2. The predicted molar refractivity (Wildman–Crippen MR) is 89.5 cm³/mol. The molecule has 2 fully saturated rings. The van der Waals surface area contributed by atoms with Crippen molar-refractivity contribution in [1.29, 1.82) is 0 Å². The van der Waals surface area contributed by atoms with Gasteiger partial charge in [-0.15, -0.1) is 20.2 Å². The summed E-state index contributed by atoms with van der Waals surface area (Å²) in [6.07, 6.45) is 6.54. The molecule has 0 aliphatic heterocycles. The first-order valence-corrected chi connectivity index (χ1v) is 8.88. The summed E-state index contributed by atoms with van der Waals surface area (Å²) in [6, 6.07) is 0. The fourth-order valence-electron chi connectivity index (χ4n) is 5.92. The zero-order valence-electron chi connectivity index (χ0n) is 15.1. The predicted octanol–water partition coefficient (Wildman–Crippen LogP) is 2.88. The maximum atomic E-state index is 10.8. The van der Waals surface area contributed by atoms with Crippen molar-refractivity contribution in [3.63, 3.8) is 0 Å². The molecule has 2 rings (SSSR count). The Morgan fingerprint density at radius 2 is 1.84 bits per heavy atom. The summed E-state index contributed by atoms with van der Waals surface area (Å²) in [5.41, 5.74) is 5.98. The summed E-state index contributed by atoms with van der Waals surface area (Å²) in [6.45, 7) is 4.72. The second kappa shape index (κ2) is 7.31. The lowest BCUT2D eigenvalue weighted by Crippen LogP contribution is -2.49. The van der Waals surface area contributed by atoms with Crippen LogP contribution in [0.15, 0.2) is 0 Å². The molecule has 2 bridgehead atoms. The van der Waals surface area contributed by atoms with Crippen LogP contribution in [0.5, 0.6) is 0 Å². The van der Waals surface area contributed by atoms with Crippen LogP contribution >= 0.6 is 0 Å². The maximum Gasteiger partial charge on any atom is 0.294 e. The third-order valence-corrected chi connectivity index (χ3v) is 5.95. The smallest absolute Gasteiger partial charge is 0.294 e. The van der Waals surface area contributed by atoms with Crippen molar-refractivity contribution in [2.24, 2.45) is 22.0 Å². The number of fused-ring (bicyclic) bond motifs is 2. The average Bonchev–Trinajstić information content (AvgIpc) is 2.42. The van der Waals surface area contributed by atoms with E-state index in [1.54, 1.807) is 0 Å². The summed E-state index contributed by atoms with van der Waals surface area (Å²) < 4.78 is 0. The minimum absolute atomic E-state index is 0.0886. The van der Waals surface area contributed by atoms with Crippen LogP contribution in [-0.4, -0.2) is 29.4 Å². The molecule has 0 amide bonds. The molecule has 9 heteroatoms. The van der Waals surface area contributed by atoms with E-state index in [0.717, 1.165) is 44.9 Å². The van der Waals surface area contributed by atoms with Crippen LogP contribution in [-0.2, 0) is 9.68 Å². The van der Waals surface area contributed by atoms with Crippen molar-refractivity contribution in [2.75, 3.05) is 13.2 Å². The molecule has 2 saturated carbocycles. The van der Waals surface area contributed by atoms with E-state index in [9.17, 15) is 20.2 Å². The molecule has 2 aliphatic rings. The van der Waals surface area contributed by atoms with E-state index in [-0.39, 0.29) is 16.2 Å². The van der Waals surface area contributed by atoms with Crippen molar-refractivity contribution < 1.29 is 19.8 Å². The summed E-state index contributed by atoms with van der Waals surface area (Å²) >= 11 is 0. The van der Waals surface area contributed by atoms with E-state index < -0.39 is 22.9 Å². The summed E-state index contributed by atoms with van der Waals surface area (Å²) in [5, 5.41) is 19.5. The number of nitrogens with two attached hydrogens (primary N) is 1. The third-order valence-electron chi connectivity index (χ3n) is 5.95. The van der Waals surface area contributed by atoms with Crippen molar-refractivity contribution in [3.05, 3.63) is 20.2 Å². The lowest BCUT2D eigenvalue weighted by molar-refractivity contribution is -0.790. The lowest BCUT2D eigenvalue weighted by Gasteiger charge is -2.58. The summed E-state index contributed by atoms with van der Waals surface area (Å²) in [7, 11) is 0. The Kier molecular flexibility index (Phi) is 5.75. The Balaban J connectivity index is 2.19. The molecule has 0 aromatic heterocycles. The van der Waals surface area contributed by atoms with Gasteiger partial charge in [0.15, 0.2) is 0 Å². The van der Waals surface area contributed by atoms with Gasteiger partial charge < -0.3 is 15.4 Å². The molecular weight excluding hydrogens is 330 g/mol. The molecule has 0 heterocycles. The van der Waals surface area contributed by atoms with Crippen LogP contribution in [0, 0.1) is 36.5 Å². The van der Waals surface area contributed by atoms with Crippen LogP contribution in [0.1, 0.15) is 65.2 Å². The Morgan fingerprint density at radius 3 is 2.44 bits per heavy atom. The number of rotatable bonds is 9. The molecule has 0 saturated heterocycles. The number of nitrogens with zero attached hydrogens (tertiary/aromatic N) is 2. The summed E-state index contributed by atoms with van der Waals surface area (Å²) in [4.78, 5) is 30.4. The van der Waals surface area contributed by atoms with Gasteiger partial charge in [0.2, 0.25) is 0 Å². The Hall–Kier alpha value is -1.64. The van der Waals surface area contributed by atoms with Gasteiger partial charge in [-0.25, -0.2) is 0 Å². The second-order valence-corrected chi connectivity index (χ2v) is 8.72. The largest absolute Gasteiger partial charge is 0.330 e. The van der Waals surface area contributed by atoms with Gasteiger partial charge >= 0.3 is 0 Å². The fourth-order valence-corrected chi connectivity index (χ4v) is 5.92. The van der Waals surface area contributed by atoms with E-state index in [4.69, 9.17) is 10.6 Å². The highest BCUT2D eigenvalue weighted by Gasteiger charge is 2.53. The van der Waals surface area contributed by atoms with E-state index in [1.807, 2.05) is 0 Å². The number of hydrogen-bond acceptors (Lipinski definition) is 7. The zero-order chi connectivity index (χ0) is 18.7. The lowest BCUT2D eigenvalue weighted by atomic mass is 9.47. The normalized spacial score (nSPS) is 35.6. The molecule has 4 unspecified atom stereocenters. The number of hydrogen-bond donors (Lipinski definition) is 1. The third kappa shape index (κ3) is 5.17. The molecule has 0 spiro atoms. The van der Waals surface area contributed by atoms with Crippen LogP contribution in [0.3, 0.4) is 0 Å². The molecule has 0 aromatic carbocycles. The Labute approximate surface area is 147 Å². The highest BCUT2D eigenvalue weighted by atomic mass is 17.0. The van der Waals surface area contributed by atoms with Gasteiger partial charge in [-0.05, 0) is 67.7 Å². The van der Waals surface area contributed by atoms with E-state index in [0.29, 0.717) is 13.0 Å². The van der Waals surface area contributed by atoms with Crippen molar-refractivity contribution in [3.8, 4) is 0 Å². The van der Waals surface area contributed by atoms with E-state index in [2.05, 4.69) is 18.7 Å². The van der Waals surface area contributed by atoms with Gasteiger partial charge in [0.05, 0.1) is 0 Å². The maximum absolute atomic E-state index is 10.8. The molecule has 2 N–H and O–H groups in total. The van der Waals surface area contributed by atoms with Crippen LogP contribution in [0.2, 0.25) is 0 Å². The molecule has 0 aromatic rings. The average molecular weight is 359 g/mol. The Morgan fingerprint density at radius 1 is 1.12 bits per heavy atom. The minimum Gasteiger partial charge on any atom is -0.330 e. The molecular formula is C16H29N3O6. The van der Waals surface area contributed by atoms with Gasteiger partial charge in [0, 0.05) is 0 Å². The highest BCUT2D eigenvalue weighted by Crippen LogP contribution is 2.63. The van der Waals surface area contributed by atoms with Gasteiger partial charge in [-0.2, -0.15) is 0 Å². The van der Waals surface area contributed by atoms with Gasteiger partial charge in [0.1, 0.15) is 12.7 Å². The minimum atomic E-state index is -0.932. The van der Waals surface area contributed by atoms with Gasteiger partial charge in [0.25, 0.3) is 10.2 Å². The van der Waals surface area contributed by atoms with Crippen molar-refractivity contribution >= 4 is 0 Å². The fraction of sp³-hybridized carbons (Fsp3) is 1.00. The van der Waals surface area contributed by atoms with Crippen molar-refractivity contribution in [2.45, 2.75) is 71.3 Å². The summed E-state index contributed by atoms with van der Waals surface area (Å²) in [5.74, 6) is 0. The first-order valence-electron chi connectivity index (χ1n) is 8.88. The van der Waals surface area contributed by atoms with Crippen molar-refractivity contribution in [1.82, 2.24) is 0 Å². The Bertz CT molecular complexity index is 518. The van der Waals surface area contributed by atoms with E-state index >= 15 is 0 Å². The molecule has 4 atom stereocenters. The van der Waals surface area contributed by atoms with Crippen LogP contribution in [0.4, 0.5) is 0 Å². The first kappa shape index (κ1) is 19.7. The molecule has 9 nitrogen and oxygen atoms in total. The molecule has 144 valence electrons. The van der Waals surface area contributed by atoms with E-state index in [1.165, 1.54) is 0 Å². The van der Waals surface area contributed by atoms with Crippen LogP contribution < -0.4 is 5.73 Å². The van der Waals surface area contributed by atoms with Crippen LogP contribution in [0.25, 0.3) is 0 Å². The second-order valence-electron chi connectivity index (χ2n) is 8.72. The highest BCUT2D eigenvalue weighted by molar-refractivity contribution is 5.03. The quantitative estimate of drug-likeness (QED) is 0.494. The standard InChI is InChI=1S/C16H29N3O6/c1-14-4-3-5-16(11-14,12-15(2,10-14)6-7-17)8-13(25-19(22)23)9-24-18(20)21/h13H,3-12,17H2,1-2H3. The van der Waals surface area contributed by atoms with Gasteiger partial charge in [-0.1, -0.05) is 20.3 Å². The topological polar surface area (TPSA) is 131 Å². The molecule has 2 aliphatic carbocycles. The van der Waals surface area contributed by atoms with Gasteiger partial charge in [-0.3, -0.25) is 0 Å². The monoisotopic (exact) mass is 359 g/mol. The molecule has 0 radical (unpaired) electrons. The molecule has 25 heavy (non-hydrogen) atoms. The zero-order valence-corrected chi connectivity index (χ0v) is 15.1.